The van der Waals surface area contributed by atoms with E-state index in [2.05, 4.69) is 4.72 Å². The fourth-order valence-corrected chi connectivity index (χ4v) is 3.84. The predicted molar refractivity (Wildman–Crippen MR) is 92.3 cm³/mol. The fraction of sp³-hybridized carbons (Fsp3) is 0.571. The Morgan fingerprint density at radius 3 is 2.39 bits per heavy atom. The number of rotatable bonds is 8. The highest BCUT2D eigenvalue weighted by atomic mass is 35.5. The molecular weight excluding hydrogens is 342 g/mol. The lowest BCUT2D eigenvalue weighted by molar-refractivity contribution is -0.385. The molecule has 132 valence electrons. The number of nitrogens with zero attached hydrogens (tertiary/aromatic N) is 1. The van der Waals surface area contributed by atoms with E-state index in [0.29, 0.717) is 18.4 Å². The predicted octanol–water partition coefficient (Wildman–Crippen LogP) is 2.23. The first-order valence-electron chi connectivity index (χ1n) is 7.21. The van der Waals surface area contributed by atoms with Gasteiger partial charge in [0, 0.05) is 24.7 Å². The van der Waals surface area contributed by atoms with Crippen LogP contribution in [0.3, 0.4) is 0 Å². The molecule has 0 aliphatic carbocycles. The second kappa shape index (κ2) is 9.17. The molecule has 0 heterocycles. The van der Waals surface area contributed by atoms with Crippen LogP contribution in [0.15, 0.2) is 23.1 Å². The van der Waals surface area contributed by atoms with Gasteiger partial charge in [0.25, 0.3) is 5.69 Å². The van der Waals surface area contributed by atoms with Gasteiger partial charge in [-0.25, -0.2) is 13.1 Å². The molecule has 0 spiro atoms. The van der Waals surface area contributed by atoms with Crippen LogP contribution in [0.1, 0.15) is 32.8 Å². The molecule has 0 aliphatic heterocycles. The maximum absolute atomic E-state index is 12.5. The van der Waals surface area contributed by atoms with Gasteiger partial charge in [0.2, 0.25) is 10.0 Å². The lowest BCUT2D eigenvalue weighted by Gasteiger charge is -2.19. The van der Waals surface area contributed by atoms with E-state index in [1.54, 1.807) is 6.92 Å². The third-order valence-electron chi connectivity index (χ3n) is 3.29. The van der Waals surface area contributed by atoms with Crippen LogP contribution in [-0.2, 0) is 16.4 Å². The lowest BCUT2D eigenvalue weighted by atomic mass is 10.1. The zero-order valence-electron chi connectivity index (χ0n) is 13.5. The van der Waals surface area contributed by atoms with Gasteiger partial charge in [-0.3, -0.25) is 10.1 Å². The lowest BCUT2D eigenvalue weighted by Crippen LogP contribution is -2.41. The summed E-state index contributed by atoms with van der Waals surface area (Å²) in [4.78, 5) is 10.2. The number of hydrogen-bond acceptors (Lipinski definition) is 5. The topological polar surface area (TPSA) is 115 Å². The number of nitrogens with two attached hydrogens (primary N) is 1. The summed E-state index contributed by atoms with van der Waals surface area (Å²) in [6.07, 6.45) is 1.07. The van der Waals surface area contributed by atoms with Crippen LogP contribution in [0.5, 0.6) is 0 Å². The van der Waals surface area contributed by atoms with Gasteiger partial charge in [-0.2, -0.15) is 0 Å². The minimum atomic E-state index is -3.85. The SMILES string of the molecule is CCc1ccc([N+](=O)[O-])cc1S(=O)(=O)NC(CN)CC(C)C.Cl. The highest BCUT2D eigenvalue weighted by molar-refractivity contribution is 7.89. The maximum atomic E-state index is 12.5. The van der Waals surface area contributed by atoms with E-state index >= 15 is 0 Å². The number of hydrogen-bond donors (Lipinski definition) is 2. The van der Waals surface area contributed by atoms with Crippen molar-refractivity contribution in [2.45, 2.75) is 44.6 Å². The van der Waals surface area contributed by atoms with Crippen molar-refractivity contribution < 1.29 is 13.3 Å². The standard InChI is InChI=1S/C14H23N3O4S.ClH/c1-4-11-5-6-13(17(18)19)8-14(11)22(20,21)16-12(9-15)7-10(2)3;/h5-6,8,10,12,16H,4,7,9,15H2,1-3H3;1H. The molecule has 1 unspecified atom stereocenters. The molecule has 7 nitrogen and oxygen atoms in total. The molecule has 0 saturated carbocycles. The molecule has 23 heavy (non-hydrogen) atoms. The van der Waals surface area contributed by atoms with Gasteiger partial charge in [0.15, 0.2) is 0 Å². The Kier molecular flexibility index (Phi) is 8.68. The van der Waals surface area contributed by atoms with Crippen molar-refractivity contribution in [2.75, 3.05) is 6.54 Å². The van der Waals surface area contributed by atoms with Gasteiger partial charge in [-0.1, -0.05) is 26.8 Å². The Labute approximate surface area is 143 Å². The number of benzene rings is 1. The smallest absolute Gasteiger partial charge is 0.270 e. The molecule has 1 aromatic carbocycles. The van der Waals surface area contributed by atoms with Crippen molar-refractivity contribution in [3.63, 3.8) is 0 Å². The van der Waals surface area contributed by atoms with Crippen molar-refractivity contribution in [1.82, 2.24) is 4.72 Å². The van der Waals surface area contributed by atoms with Crippen molar-refractivity contribution in [1.29, 1.82) is 0 Å². The van der Waals surface area contributed by atoms with E-state index in [1.165, 1.54) is 12.1 Å². The average Bonchev–Trinajstić information content (AvgIpc) is 2.44. The third kappa shape index (κ3) is 6.06. The molecular formula is C14H24ClN3O4S. The number of non-ortho nitro benzene ring substituents is 1. The first kappa shape index (κ1) is 21.8. The van der Waals surface area contributed by atoms with E-state index in [-0.39, 0.29) is 35.5 Å². The van der Waals surface area contributed by atoms with Crippen molar-refractivity contribution in [3.05, 3.63) is 33.9 Å². The largest absolute Gasteiger partial charge is 0.329 e. The maximum Gasteiger partial charge on any atom is 0.270 e. The van der Waals surface area contributed by atoms with E-state index in [9.17, 15) is 18.5 Å². The van der Waals surface area contributed by atoms with Crippen molar-refractivity contribution in [3.8, 4) is 0 Å². The van der Waals surface area contributed by atoms with E-state index in [0.717, 1.165) is 6.07 Å². The molecule has 0 fully saturated rings. The van der Waals surface area contributed by atoms with E-state index in [4.69, 9.17) is 5.73 Å². The molecule has 1 aromatic rings. The highest BCUT2D eigenvalue weighted by Crippen LogP contribution is 2.23. The zero-order valence-corrected chi connectivity index (χ0v) is 15.1. The number of aryl methyl sites for hydroxylation is 1. The summed E-state index contributed by atoms with van der Waals surface area (Å²) in [6.45, 7) is 5.92. The van der Waals surface area contributed by atoms with E-state index in [1.807, 2.05) is 13.8 Å². The highest BCUT2D eigenvalue weighted by Gasteiger charge is 2.24. The molecule has 0 amide bonds. The Morgan fingerprint density at radius 1 is 1.35 bits per heavy atom. The summed E-state index contributed by atoms with van der Waals surface area (Å²) >= 11 is 0. The van der Waals surface area contributed by atoms with Crippen LogP contribution in [0.25, 0.3) is 0 Å². The molecule has 0 saturated heterocycles. The average molecular weight is 366 g/mol. The normalized spacial score (nSPS) is 12.7. The van der Waals surface area contributed by atoms with Crippen LogP contribution in [0.2, 0.25) is 0 Å². The second-order valence-corrected chi connectivity index (χ2v) is 7.27. The second-order valence-electron chi connectivity index (χ2n) is 5.59. The van der Waals surface area contributed by atoms with Crippen LogP contribution < -0.4 is 10.5 Å². The minimum absolute atomic E-state index is 0. The van der Waals surface area contributed by atoms with Gasteiger partial charge in [0.1, 0.15) is 0 Å². The van der Waals surface area contributed by atoms with Crippen molar-refractivity contribution in [2.24, 2.45) is 11.7 Å². The summed E-state index contributed by atoms with van der Waals surface area (Å²) in [5, 5.41) is 10.9. The summed E-state index contributed by atoms with van der Waals surface area (Å²) in [5.41, 5.74) is 5.92. The molecule has 1 rings (SSSR count). The van der Waals surface area contributed by atoms with Gasteiger partial charge in [-0.15, -0.1) is 12.4 Å². The monoisotopic (exact) mass is 365 g/mol. The number of nitrogens with one attached hydrogen (secondary N) is 1. The number of nitro groups is 1. The first-order valence-corrected chi connectivity index (χ1v) is 8.69. The Bertz CT molecular complexity index is 635. The molecule has 0 aromatic heterocycles. The van der Waals surface area contributed by atoms with Crippen LogP contribution in [-0.4, -0.2) is 25.9 Å². The molecule has 3 N–H and O–H groups in total. The quantitative estimate of drug-likeness (QED) is 0.541. The number of nitro benzene ring substituents is 1. The van der Waals surface area contributed by atoms with Gasteiger partial charge in [0.05, 0.1) is 9.82 Å². The van der Waals surface area contributed by atoms with Crippen LogP contribution in [0.4, 0.5) is 5.69 Å². The molecule has 1 atom stereocenters. The van der Waals surface area contributed by atoms with E-state index < -0.39 is 21.0 Å². The minimum Gasteiger partial charge on any atom is -0.329 e. The van der Waals surface area contributed by atoms with Gasteiger partial charge in [-0.05, 0) is 24.3 Å². The Hall–Kier alpha value is -1.22. The molecule has 0 bridgehead atoms. The molecule has 0 radical (unpaired) electrons. The van der Waals surface area contributed by atoms with Crippen molar-refractivity contribution >= 4 is 28.1 Å². The van der Waals surface area contributed by atoms with Gasteiger partial charge >= 0.3 is 0 Å². The van der Waals surface area contributed by atoms with Gasteiger partial charge < -0.3 is 5.73 Å². The summed E-state index contributed by atoms with van der Waals surface area (Å²) < 4.78 is 27.7. The Morgan fingerprint density at radius 2 is 1.96 bits per heavy atom. The number of sulfonamides is 1. The molecule has 0 aliphatic rings. The third-order valence-corrected chi connectivity index (χ3v) is 4.90. The molecule has 9 heteroatoms. The fourth-order valence-electron chi connectivity index (χ4n) is 2.24. The first-order chi connectivity index (χ1) is 10.2. The summed E-state index contributed by atoms with van der Waals surface area (Å²) in [5.74, 6) is 0.284. The van der Waals surface area contributed by atoms with Crippen LogP contribution in [0, 0.1) is 16.0 Å². The number of halogens is 1. The summed E-state index contributed by atoms with van der Waals surface area (Å²) in [7, 11) is -3.85. The Balaban J connectivity index is 0.00000484. The van der Waals surface area contributed by atoms with Crippen LogP contribution >= 0.6 is 12.4 Å². The zero-order chi connectivity index (χ0) is 16.9. The summed E-state index contributed by atoms with van der Waals surface area (Å²) in [6, 6.07) is 3.50.